The first-order chi connectivity index (χ1) is 9.30. The highest BCUT2D eigenvalue weighted by molar-refractivity contribution is 5.93. The summed E-state index contributed by atoms with van der Waals surface area (Å²) in [5, 5.41) is 13.6. The first-order valence-electron chi connectivity index (χ1n) is 6.07. The number of nitrogens with one attached hydrogen (secondary N) is 2. The summed E-state index contributed by atoms with van der Waals surface area (Å²) in [6.45, 7) is 5.03. The molecule has 106 valence electrons. The molecule has 0 bridgehead atoms. The van der Waals surface area contributed by atoms with Crippen LogP contribution in [0.4, 0.5) is 10.5 Å². The Kier molecular flexibility index (Phi) is 5.09. The van der Waals surface area contributed by atoms with Gasteiger partial charge >= 0.3 is 6.09 Å². The van der Waals surface area contributed by atoms with Crippen LogP contribution in [0.1, 0.15) is 26.3 Å². The number of rotatable bonds is 3. The van der Waals surface area contributed by atoms with Crippen LogP contribution < -0.4 is 10.6 Å². The fraction of sp³-hybridized carbons (Fsp3) is 0.357. The van der Waals surface area contributed by atoms with Crippen LogP contribution >= 0.6 is 0 Å². The van der Waals surface area contributed by atoms with Crippen molar-refractivity contribution in [3.05, 3.63) is 29.8 Å². The highest BCUT2D eigenvalue weighted by atomic mass is 16.6. The highest BCUT2D eigenvalue weighted by Crippen LogP contribution is 2.08. The van der Waals surface area contributed by atoms with Crippen LogP contribution in [0.25, 0.3) is 0 Å². The van der Waals surface area contributed by atoms with Gasteiger partial charge in [-0.05, 0) is 45.0 Å². The zero-order valence-electron chi connectivity index (χ0n) is 11.7. The van der Waals surface area contributed by atoms with Crippen molar-refractivity contribution >= 4 is 17.7 Å². The Morgan fingerprint density at radius 1 is 1.25 bits per heavy atom. The molecule has 0 aliphatic heterocycles. The molecule has 2 amide bonds. The first kappa shape index (κ1) is 15.5. The lowest BCUT2D eigenvalue weighted by molar-refractivity contribution is -0.115. The normalized spacial score (nSPS) is 10.3. The number of anilines is 1. The van der Waals surface area contributed by atoms with Crippen LogP contribution in [0.5, 0.6) is 0 Å². The summed E-state index contributed by atoms with van der Waals surface area (Å²) in [4.78, 5) is 22.9. The Morgan fingerprint density at radius 3 is 2.35 bits per heavy atom. The molecule has 6 nitrogen and oxygen atoms in total. The number of carbonyl (C=O) groups excluding carboxylic acids is 2. The van der Waals surface area contributed by atoms with Crippen molar-refractivity contribution in [2.45, 2.75) is 26.4 Å². The molecule has 0 fully saturated rings. The van der Waals surface area contributed by atoms with E-state index in [-0.39, 0.29) is 12.5 Å². The number of amides is 2. The molecule has 2 N–H and O–H groups in total. The zero-order valence-corrected chi connectivity index (χ0v) is 11.7. The SMILES string of the molecule is CC(C)(C)OC(=O)NCC(=O)Nc1ccc(C#N)cc1. The minimum absolute atomic E-state index is 0.186. The van der Waals surface area contributed by atoms with Crippen molar-refractivity contribution in [1.29, 1.82) is 5.26 Å². The molecule has 1 rings (SSSR count). The summed E-state index contributed by atoms with van der Waals surface area (Å²) in [6, 6.07) is 8.40. The van der Waals surface area contributed by atoms with E-state index < -0.39 is 11.7 Å². The second-order valence-corrected chi connectivity index (χ2v) is 5.09. The summed E-state index contributed by atoms with van der Waals surface area (Å²) >= 11 is 0. The van der Waals surface area contributed by atoms with Crippen LogP contribution in [0.15, 0.2) is 24.3 Å². The van der Waals surface area contributed by atoms with Gasteiger partial charge in [-0.15, -0.1) is 0 Å². The molecule has 0 unspecified atom stereocenters. The van der Waals surface area contributed by atoms with Gasteiger partial charge in [-0.25, -0.2) is 4.79 Å². The van der Waals surface area contributed by atoms with Gasteiger partial charge in [0.05, 0.1) is 11.6 Å². The maximum Gasteiger partial charge on any atom is 0.408 e. The lowest BCUT2D eigenvalue weighted by Crippen LogP contribution is -2.37. The summed E-state index contributed by atoms with van der Waals surface area (Å²) < 4.78 is 5.00. The summed E-state index contributed by atoms with van der Waals surface area (Å²) in [5.74, 6) is -0.374. The Bertz CT molecular complexity index is 524. The predicted molar refractivity (Wildman–Crippen MR) is 74.0 cm³/mol. The quantitative estimate of drug-likeness (QED) is 0.882. The monoisotopic (exact) mass is 275 g/mol. The minimum Gasteiger partial charge on any atom is -0.444 e. The molecule has 0 atom stereocenters. The Labute approximate surface area is 117 Å². The lowest BCUT2D eigenvalue weighted by Gasteiger charge is -2.19. The number of carbonyl (C=O) groups is 2. The zero-order chi connectivity index (χ0) is 15.2. The van der Waals surface area contributed by atoms with Crippen molar-refractivity contribution in [3.8, 4) is 6.07 Å². The molecule has 0 aliphatic carbocycles. The van der Waals surface area contributed by atoms with Gasteiger partial charge in [-0.1, -0.05) is 0 Å². The molecule has 0 aliphatic rings. The largest absolute Gasteiger partial charge is 0.444 e. The van der Waals surface area contributed by atoms with Crippen LogP contribution in [0.2, 0.25) is 0 Å². The average molecular weight is 275 g/mol. The molecule has 0 radical (unpaired) electrons. The van der Waals surface area contributed by atoms with E-state index in [9.17, 15) is 9.59 Å². The van der Waals surface area contributed by atoms with Crippen LogP contribution in [0, 0.1) is 11.3 Å². The maximum atomic E-state index is 11.6. The Morgan fingerprint density at radius 2 is 1.85 bits per heavy atom. The highest BCUT2D eigenvalue weighted by Gasteiger charge is 2.16. The molecular weight excluding hydrogens is 258 g/mol. The molecule has 1 aromatic rings. The number of hydrogen-bond acceptors (Lipinski definition) is 4. The van der Waals surface area contributed by atoms with Gasteiger partial charge < -0.3 is 15.4 Å². The van der Waals surface area contributed by atoms with Gasteiger partial charge in [0.2, 0.25) is 5.91 Å². The van der Waals surface area contributed by atoms with Crippen LogP contribution in [-0.2, 0) is 9.53 Å². The van der Waals surface area contributed by atoms with E-state index in [4.69, 9.17) is 10.00 Å². The van der Waals surface area contributed by atoms with Gasteiger partial charge in [0.15, 0.2) is 0 Å². The third-order valence-electron chi connectivity index (χ3n) is 2.09. The van der Waals surface area contributed by atoms with Crippen LogP contribution in [0.3, 0.4) is 0 Å². The second-order valence-electron chi connectivity index (χ2n) is 5.09. The number of nitrogens with zero attached hydrogens (tertiary/aromatic N) is 1. The van der Waals surface area contributed by atoms with Crippen molar-refractivity contribution in [1.82, 2.24) is 5.32 Å². The molecule has 0 aromatic heterocycles. The van der Waals surface area contributed by atoms with E-state index in [2.05, 4.69) is 10.6 Å². The third kappa shape index (κ3) is 5.87. The van der Waals surface area contributed by atoms with E-state index in [1.165, 1.54) is 0 Å². The predicted octanol–water partition coefficient (Wildman–Crippen LogP) is 2.02. The molecule has 0 heterocycles. The van der Waals surface area contributed by atoms with Crippen molar-refractivity contribution < 1.29 is 14.3 Å². The second kappa shape index (κ2) is 6.57. The number of benzene rings is 1. The minimum atomic E-state index is -0.646. The molecule has 0 saturated carbocycles. The first-order valence-corrected chi connectivity index (χ1v) is 6.07. The molecule has 20 heavy (non-hydrogen) atoms. The summed E-state index contributed by atoms with van der Waals surface area (Å²) in [6.07, 6.45) is -0.646. The van der Waals surface area contributed by atoms with Gasteiger partial charge in [0.25, 0.3) is 0 Å². The molecule has 0 saturated heterocycles. The van der Waals surface area contributed by atoms with Crippen LogP contribution in [-0.4, -0.2) is 24.1 Å². The third-order valence-corrected chi connectivity index (χ3v) is 2.09. The van der Waals surface area contributed by atoms with E-state index in [1.54, 1.807) is 45.0 Å². The van der Waals surface area contributed by atoms with Crippen molar-refractivity contribution in [2.24, 2.45) is 0 Å². The van der Waals surface area contributed by atoms with Crippen molar-refractivity contribution in [2.75, 3.05) is 11.9 Å². The topological polar surface area (TPSA) is 91.2 Å². The van der Waals surface area contributed by atoms with E-state index in [0.29, 0.717) is 11.3 Å². The van der Waals surface area contributed by atoms with Gasteiger partial charge in [-0.2, -0.15) is 5.26 Å². The lowest BCUT2D eigenvalue weighted by atomic mass is 10.2. The molecule has 0 spiro atoms. The number of alkyl carbamates (subject to hydrolysis) is 1. The molecule has 6 heteroatoms. The maximum absolute atomic E-state index is 11.6. The molecule has 1 aromatic carbocycles. The summed E-state index contributed by atoms with van der Waals surface area (Å²) in [7, 11) is 0. The number of nitriles is 1. The Balaban J connectivity index is 2.40. The summed E-state index contributed by atoms with van der Waals surface area (Å²) in [5.41, 5.74) is 0.461. The van der Waals surface area contributed by atoms with E-state index >= 15 is 0 Å². The van der Waals surface area contributed by atoms with Gasteiger partial charge in [0, 0.05) is 5.69 Å². The van der Waals surface area contributed by atoms with E-state index in [0.717, 1.165) is 0 Å². The van der Waals surface area contributed by atoms with Gasteiger partial charge in [0.1, 0.15) is 12.1 Å². The smallest absolute Gasteiger partial charge is 0.408 e. The van der Waals surface area contributed by atoms with Crippen molar-refractivity contribution in [3.63, 3.8) is 0 Å². The number of ether oxygens (including phenoxy) is 1. The van der Waals surface area contributed by atoms with E-state index in [1.807, 2.05) is 6.07 Å². The fourth-order valence-electron chi connectivity index (χ4n) is 1.30. The standard InChI is InChI=1S/C14H17N3O3/c1-14(2,3)20-13(19)16-9-12(18)17-11-6-4-10(8-15)5-7-11/h4-7H,9H2,1-3H3,(H,16,19)(H,17,18). The number of hydrogen-bond donors (Lipinski definition) is 2. The fourth-order valence-corrected chi connectivity index (χ4v) is 1.30. The Hall–Kier alpha value is -2.55. The average Bonchev–Trinajstić information content (AvgIpc) is 2.35. The van der Waals surface area contributed by atoms with Gasteiger partial charge in [-0.3, -0.25) is 4.79 Å². The molecular formula is C14H17N3O3.